The van der Waals surface area contributed by atoms with Gasteiger partial charge < -0.3 is 15.4 Å². The van der Waals surface area contributed by atoms with Gasteiger partial charge in [-0.05, 0) is 24.3 Å². The van der Waals surface area contributed by atoms with Gasteiger partial charge >= 0.3 is 0 Å². The Morgan fingerprint density at radius 1 is 1.22 bits per heavy atom. The van der Waals surface area contributed by atoms with Crippen molar-refractivity contribution in [2.24, 2.45) is 0 Å². The lowest BCUT2D eigenvalue weighted by atomic mass is 10.1. The molecule has 0 saturated carbocycles. The number of carbonyl (C=O) groups is 1. The average Bonchev–Trinajstić information content (AvgIpc) is 3.18. The van der Waals surface area contributed by atoms with E-state index in [1.165, 1.54) is 0 Å². The average molecular weight is 363 g/mol. The standard InChI is InChI=1S/C20H21N5O2/c26-20(18-13-22-10-11-27-18)23-12-16-14-25(17-4-2-1-3-5-17)24-19(16)15-6-8-21-9-7-15/h1-9,14,18,22H,10-13H2,(H,23,26). The first-order chi connectivity index (χ1) is 13.3. The van der Waals surface area contributed by atoms with E-state index in [1.807, 2.05) is 53.3 Å². The van der Waals surface area contributed by atoms with Crippen LogP contribution < -0.4 is 10.6 Å². The first kappa shape index (κ1) is 17.4. The molecule has 0 bridgehead atoms. The van der Waals surface area contributed by atoms with Crippen LogP contribution in [-0.2, 0) is 16.1 Å². The number of pyridine rings is 1. The van der Waals surface area contributed by atoms with Crippen LogP contribution in [-0.4, -0.2) is 46.5 Å². The number of rotatable bonds is 5. The summed E-state index contributed by atoms with van der Waals surface area (Å²) >= 11 is 0. The van der Waals surface area contributed by atoms with Crippen molar-refractivity contribution in [3.63, 3.8) is 0 Å². The Morgan fingerprint density at radius 3 is 2.78 bits per heavy atom. The van der Waals surface area contributed by atoms with Crippen molar-refractivity contribution >= 4 is 5.91 Å². The molecule has 27 heavy (non-hydrogen) atoms. The van der Waals surface area contributed by atoms with Crippen LogP contribution in [0.15, 0.2) is 61.1 Å². The molecule has 2 N–H and O–H groups in total. The van der Waals surface area contributed by atoms with E-state index in [-0.39, 0.29) is 5.91 Å². The molecule has 0 aliphatic carbocycles. The van der Waals surface area contributed by atoms with Crippen LogP contribution in [0.5, 0.6) is 0 Å². The van der Waals surface area contributed by atoms with Gasteiger partial charge in [-0.15, -0.1) is 0 Å². The van der Waals surface area contributed by atoms with Gasteiger partial charge in [0.1, 0.15) is 6.10 Å². The number of morpholine rings is 1. The molecule has 1 saturated heterocycles. The zero-order valence-electron chi connectivity index (χ0n) is 14.8. The number of carbonyl (C=O) groups excluding carboxylic acids is 1. The van der Waals surface area contributed by atoms with Gasteiger partial charge in [-0.2, -0.15) is 5.10 Å². The summed E-state index contributed by atoms with van der Waals surface area (Å²) in [5, 5.41) is 10.9. The maximum Gasteiger partial charge on any atom is 0.250 e. The summed E-state index contributed by atoms with van der Waals surface area (Å²) in [6.45, 7) is 2.24. The summed E-state index contributed by atoms with van der Waals surface area (Å²) in [6, 6.07) is 13.7. The Morgan fingerprint density at radius 2 is 2.04 bits per heavy atom. The molecule has 1 aliphatic heterocycles. The molecule has 0 spiro atoms. The molecule has 4 rings (SSSR count). The molecule has 1 fully saturated rings. The third-order valence-corrected chi connectivity index (χ3v) is 4.44. The second-order valence-corrected chi connectivity index (χ2v) is 6.30. The van der Waals surface area contributed by atoms with E-state index >= 15 is 0 Å². The molecule has 2 aromatic heterocycles. The molecule has 3 aromatic rings. The zero-order valence-corrected chi connectivity index (χ0v) is 14.8. The first-order valence-electron chi connectivity index (χ1n) is 8.95. The number of amides is 1. The van der Waals surface area contributed by atoms with Gasteiger partial charge in [-0.25, -0.2) is 4.68 Å². The maximum atomic E-state index is 12.4. The highest BCUT2D eigenvalue weighted by atomic mass is 16.5. The van der Waals surface area contributed by atoms with Crippen LogP contribution in [0.4, 0.5) is 0 Å². The van der Waals surface area contributed by atoms with Gasteiger partial charge in [0.25, 0.3) is 5.91 Å². The van der Waals surface area contributed by atoms with Gasteiger partial charge in [0.2, 0.25) is 0 Å². The van der Waals surface area contributed by atoms with Crippen LogP contribution in [0, 0.1) is 0 Å². The molecule has 3 heterocycles. The van der Waals surface area contributed by atoms with Crippen molar-refractivity contribution in [1.82, 2.24) is 25.4 Å². The predicted octanol–water partition coefficient (Wildman–Crippen LogP) is 1.54. The fourth-order valence-corrected chi connectivity index (χ4v) is 3.03. The van der Waals surface area contributed by atoms with E-state index in [0.717, 1.165) is 29.1 Å². The van der Waals surface area contributed by atoms with E-state index in [1.54, 1.807) is 12.4 Å². The fourth-order valence-electron chi connectivity index (χ4n) is 3.03. The van der Waals surface area contributed by atoms with Crippen LogP contribution in [0.3, 0.4) is 0 Å². The summed E-state index contributed by atoms with van der Waals surface area (Å²) in [5.74, 6) is -0.115. The number of hydrogen-bond acceptors (Lipinski definition) is 5. The number of hydrogen-bond donors (Lipinski definition) is 2. The summed E-state index contributed by atoms with van der Waals surface area (Å²) < 4.78 is 7.34. The first-order valence-corrected chi connectivity index (χ1v) is 8.95. The minimum absolute atomic E-state index is 0.115. The van der Waals surface area contributed by atoms with Crippen molar-refractivity contribution < 1.29 is 9.53 Å². The molecule has 138 valence electrons. The molecule has 1 atom stereocenters. The Kier molecular flexibility index (Phi) is 5.22. The fraction of sp³-hybridized carbons (Fsp3) is 0.250. The third-order valence-electron chi connectivity index (χ3n) is 4.44. The molecule has 7 heteroatoms. The van der Waals surface area contributed by atoms with Gasteiger partial charge in [0.15, 0.2) is 0 Å². The third kappa shape index (κ3) is 4.05. The van der Waals surface area contributed by atoms with Crippen molar-refractivity contribution in [2.45, 2.75) is 12.6 Å². The van der Waals surface area contributed by atoms with Crippen LogP contribution in [0.2, 0.25) is 0 Å². The van der Waals surface area contributed by atoms with E-state index in [2.05, 4.69) is 15.6 Å². The highest BCUT2D eigenvalue weighted by Crippen LogP contribution is 2.23. The SMILES string of the molecule is O=C(NCc1cn(-c2ccccc2)nc1-c1ccncc1)C1CNCCO1. The quantitative estimate of drug-likeness (QED) is 0.719. The monoisotopic (exact) mass is 363 g/mol. The molecule has 0 radical (unpaired) electrons. The Labute approximate surface area is 157 Å². The molecule has 7 nitrogen and oxygen atoms in total. The second kappa shape index (κ2) is 8.11. The topological polar surface area (TPSA) is 81.1 Å². The molecule has 1 aromatic carbocycles. The molecule has 1 amide bonds. The Bertz CT molecular complexity index is 889. The molecule has 1 aliphatic rings. The maximum absolute atomic E-state index is 12.4. The van der Waals surface area contributed by atoms with E-state index < -0.39 is 6.10 Å². The smallest absolute Gasteiger partial charge is 0.250 e. The number of para-hydroxylation sites is 1. The molecular formula is C20H21N5O2. The van der Waals surface area contributed by atoms with Crippen LogP contribution in [0.25, 0.3) is 16.9 Å². The summed E-state index contributed by atoms with van der Waals surface area (Å²) in [5.41, 5.74) is 3.68. The highest BCUT2D eigenvalue weighted by Gasteiger charge is 2.22. The normalized spacial score (nSPS) is 16.8. The molecular weight excluding hydrogens is 342 g/mol. The van der Waals surface area contributed by atoms with Crippen molar-refractivity contribution in [3.8, 4) is 16.9 Å². The van der Waals surface area contributed by atoms with Crippen LogP contribution in [0.1, 0.15) is 5.56 Å². The number of aromatic nitrogens is 3. The zero-order chi connectivity index (χ0) is 18.5. The van der Waals surface area contributed by atoms with Crippen molar-refractivity contribution in [3.05, 3.63) is 66.6 Å². The van der Waals surface area contributed by atoms with E-state index in [0.29, 0.717) is 19.7 Å². The number of nitrogens with zero attached hydrogens (tertiary/aromatic N) is 3. The summed E-state index contributed by atoms with van der Waals surface area (Å²) in [4.78, 5) is 16.5. The van der Waals surface area contributed by atoms with Crippen molar-refractivity contribution in [1.29, 1.82) is 0 Å². The van der Waals surface area contributed by atoms with E-state index in [9.17, 15) is 4.79 Å². The lowest BCUT2D eigenvalue weighted by molar-refractivity contribution is -0.134. The highest BCUT2D eigenvalue weighted by molar-refractivity contribution is 5.81. The predicted molar refractivity (Wildman–Crippen MR) is 101 cm³/mol. The van der Waals surface area contributed by atoms with Gasteiger partial charge in [-0.3, -0.25) is 9.78 Å². The van der Waals surface area contributed by atoms with Gasteiger partial charge in [0, 0.05) is 49.4 Å². The largest absolute Gasteiger partial charge is 0.366 e. The number of nitrogens with one attached hydrogen (secondary N) is 2. The Balaban J connectivity index is 1.58. The minimum atomic E-state index is -0.452. The lowest BCUT2D eigenvalue weighted by Gasteiger charge is -2.22. The number of benzene rings is 1. The van der Waals surface area contributed by atoms with Gasteiger partial charge in [-0.1, -0.05) is 18.2 Å². The summed E-state index contributed by atoms with van der Waals surface area (Å²) in [6.07, 6.45) is 4.97. The van der Waals surface area contributed by atoms with Crippen LogP contribution >= 0.6 is 0 Å². The molecule has 1 unspecified atom stereocenters. The minimum Gasteiger partial charge on any atom is -0.366 e. The second-order valence-electron chi connectivity index (χ2n) is 6.30. The summed E-state index contributed by atoms with van der Waals surface area (Å²) in [7, 11) is 0. The lowest BCUT2D eigenvalue weighted by Crippen LogP contribution is -2.47. The Hall–Kier alpha value is -3.03. The van der Waals surface area contributed by atoms with Crippen molar-refractivity contribution in [2.75, 3.05) is 19.7 Å². The number of ether oxygens (including phenoxy) is 1. The van der Waals surface area contributed by atoms with Gasteiger partial charge in [0.05, 0.1) is 18.0 Å². The van der Waals surface area contributed by atoms with E-state index in [4.69, 9.17) is 9.84 Å².